The summed E-state index contributed by atoms with van der Waals surface area (Å²) in [5.41, 5.74) is -0.0101. The topological polar surface area (TPSA) is 277 Å². The van der Waals surface area contributed by atoms with E-state index >= 15 is 0 Å². The first-order valence-corrected chi connectivity index (χ1v) is 26.0. The number of aromatic hydroxyl groups is 2. The van der Waals surface area contributed by atoms with Crippen molar-refractivity contribution in [2.45, 2.75) is 128 Å². The molecule has 0 saturated heterocycles. The zero-order valence-corrected chi connectivity index (χ0v) is 43.4. The Hall–Kier alpha value is -6.32. The molecule has 0 radical (unpaired) electrons. The number of hydrogen-bond donors (Lipinski definition) is 6. The number of carbonyl (C=O) groups excluding carboxylic acids is 3. The summed E-state index contributed by atoms with van der Waals surface area (Å²) in [6, 6.07) is 13.4. The maximum absolute atomic E-state index is 14.0. The van der Waals surface area contributed by atoms with Crippen molar-refractivity contribution in [2.24, 2.45) is 10.2 Å². The van der Waals surface area contributed by atoms with Crippen LogP contribution in [0.2, 0.25) is 5.02 Å². The van der Waals surface area contributed by atoms with Crippen molar-refractivity contribution < 1.29 is 64.7 Å². The first-order chi connectivity index (χ1) is 33.1. The van der Waals surface area contributed by atoms with Crippen LogP contribution in [0, 0.1) is 6.92 Å². The Bertz CT molecular complexity index is 3160. The Labute approximate surface area is 418 Å². The maximum atomic E-state index is 14.0. The lowest BCUT2D eigenvalue weighted by Crippen LogP contribution is -2.33. The Morgan fingerprint density at radius 3 is 2.03 bits per heavy atom. The fraction of sp³-hybridized carbons (Fsp3) is 0.380. The van der Waals surface area contributed by atoms with Gasteiger partial charge in [0.1, 0.15) is 27.8 Å². The maximum Gasteiger partial charge on any atom is 0.338 e. The monoisotopic (exact) mass is 1040 g/mol. The van der Waals surface area contributed by atoms with E-state index in [0.717, 1.165) is 55.5 Å². The molecule has 0 aliphatic rings. The van der Waals surface area contributed by atoms with Crippen LogP contribution >= 0.6 is 11.6 Å². The summed E-state index contributed by atoms with van der Waals surface area (Å²) >= 11 is 6.65. The summed E-state index contributed by atoms with van der Waals surface area (Å²) in [4.78, 5) is 37.5. The molecule has 5 aromatic carbocycles. The summed E-state index contributed by atoms with van der Waals surface area (Å²) < 4.78 is 88.1. The first-order valence-electron chi connectivity index (χ1n) is 22.7. The summed E-state index contributed by atoms with van der Waals surface area (Å²) in [5, 5.41) is 35.0. The molecule has 71 heavy (non-hydrogen) atoms. The van der Waals surface area contributed by atoms with Gasteiger partial charge in [-0.2, -0.15) is 16.8 Å². The fourth-order valence-corrected chi connectivity index (χ4v) is 8.59. The number of anilines is 2. The van der Waals surface area contributed by atoms with Crippen LogP contribution in [0.1, 0.15) is 121 Å². The minimum Gasteiger partial charge on any atom is -0.505 e. The molecule has 21 heteroatoms. The van der Waals surface area contributed by atoms with Crippen LogP contribution < -0.4 is 20.1 Å². The highest BCUT2D eigenvalue weighted by Gasteiger charge is 2.31. The minimum atomic E-state index is -5.30. The van der Waals surface area contributed by atoms with Gasteiger partial charge in [-0.1, -0.05) is 85.5 Å². The molecule has 0 heterocycles. The van der Waals surface area contributed by atoms with Crippen molar-refractivity contribution >= 4 is 83.1 Å². The lowest BCUT2D eigenvalue weighted by Gasteiger charge is -2.31. The first kappa shape index (κ1) is 55.6. The molecule has 0 spiro atoms. The van der Waals surface area contributed by atoms with Gasteiger partial charge in [-0.25, -0.2) is 4.79 Å². The van der Waals surface area contributed by atoms with Crippen molar-refractivity contribution in [3.63, 3.8) is 0 Å². The van der Waals surface area contributed by atoms with E-state index < -0.39 is 76.8 Å². The standard InChI is InChI=1S/C50H59ClN4O14S2/c1-11-15-20-67-48(60)29-16-18-39(34(22-29)54-55-44-41(71(64,65)66)23-30-21-32(70(61,62)63)25-35(52-28(6)56)42(30)46(44)58)69-40-26-36(45(57)43(51)27(40)5)53-47(59)37(12-2)68-38-19-17-31(49(7,8)13-3)24-33(38)50(9,10)14-4/h16-19,21-26,37,57-58H,11-15,20H2,1-10H3,(H,52,56)(H,53,59)(H,61,62,63)(H,64,65,66). The van der Waals surface area contributed by atoms with Crippen molar-refractivity contribution in [3.05, 3.63) is 87.9 Å². The van der Waals surface area contributed by atoms with Crippen LogP contribution in [0.3, 0.4) is 0 Å². The molecule has 18 nitrogen and oxygen atoms in total. The smallest absolute Gasteiger partial charge is 0.338 e. The minimum absolute atomic E-state index is 0.0466. The summed E-state index contributed by atoms with van der Waals surface area (Å²) in [6.45, 7) is 19.1. The second-order valence-electron chi connectivity index (χ2n) is 18.1. The van der Waals surface area contributed by atoms with Gasteiger partial charge < -0.3 is 35.1 Å². The second kappa shape index (κ2) is 22.0. The third kappa shape index (κ3) is 12.8. The van der Waals surface area contributed by atoms with Gasteiger partial charge in [0.05, 0.1) is 33.5 Å². The van der Waals surface area contributed by atoms with Crippen LogP contribution in [0.25, 0.3) is 10.8 Å². The molecule has 6 N–H and O–H groups in total. The number of benzene rings is 5. The molecule has 0 saturated carbocycles. The number of phenolic OH excluding ortho intramolecular Hbond substituents is 2. The average Bonchev–Trinajstić information content (AvgIpc) is 3.30. The van der Waals surface area contributed by atoms with Gasteiger partial charge in [-0.05, 0) is 96.9 Å². The highest BCUT2D eigenvalue weighted by molar-refractivity contribution is 7.86. The summed E-state index contributed by atoms with van der Waals surface area (Å²) in [7, 11) is -10.3. The Morgan fingerprint density at radius 2 is 1.44 bits per heavy atom. The Balaban J connectivity index is 1.61. The molecule has 1 atom stereocenters. The van der Waals surface area contributed by atoms with Crippen LogP contribution in [0.15, 0.2) is 80.7 Å². The van der Waals surface area contributed by atoms with Crippen molar-refractivity contribution in [3.8, 4) is 28.7 Å². The van der Waals surface area contributed by atoms with Crippen LogP contribution in [0.5, 0.6) is 28.7 Å². The van der Waals surface area contributed by atoms with Gasteiger partial charge in [0, 0.05) is 29.5 Å². The lowest BCUT2D eigenvalue weighted by atomic mass is 9.76. The van der Waals surface area contributed by atoms with Crippen molar-refractivity contribution in [1.82, 2.24) is 0 Å². The number of fused-ring (bicyclic) bond motifs is 1. The second-order valence-corrected chi connectivity index (χ2v) is 21.3. The highest BCUT2D eigenvalue weighted by atomic mass is 35.5. The Morgan fingerprint density at radius 1 is 0.775 bits per heavy atom. The number of carbonyl (C=O) groups is 3. The predicted molar refractivity (Wildman–Crippen MR) is 270 cm³/mol. The van der Waals surface area contributed by atoms with Gasteiger partial charge in [0.15, 0.2) is 23.4 Å². The molecular weight excluding hydrogens is 980 g/mol. The quantitative estimate of drug-likeness (QED) is 0.0139. The average molecular weight is 1040 g/mol. The molecule has 5 rings (SSSR count). The SMILES string of the molecule is CCCCOC(=O)c1ccc(Oc2cc(NC(=O)C(CC)Oc3ccc(C(C)(C)CC)cc3C(C)(C)CC)c(O)c(Cl)c2C)c(N=Nc2c(S(=O)(=O)O)cc3cc(S(=O)(=O)O)cc(NC(C)=O)c3c2O)c1. The van der Waals surface area contributed by atoms with Crippen molar-refractivity contribution in [1.29, 1.82) is 0 Å². The zero-order chi connectivity index (χ0) is 53.0. The molecule has 5 aromatic rings. The largest absolute Gasteiger partial charge is 0.505 e. The van der Waals surface area contributed by atoms with Crippen LogP contribution in [-0.2, 0) is 45.4 Å². The van der Waals surface area contributed by atoms with Crippen LogP contribution in [-0.4, -0.2) is 66.6 Å². The molecule has 0 aromatic heterocycles. The summed E-state index contributed by atoms with van der Waals surface area (Å²) in [5.74, 6) is -3.35. The normalized spacial score (nSPS) is 12.7. The van der Waals surface area contributed by atoms with E-state index in [0.29, 0.717) is 12.2 Å². The number of hydrogen-bond acceptors (Lipinski definition) is 14. The van der Waals surface area contributed by atoms with Gasteiger partial charge in [-0.15, -0.1) is 10.2 Å². The molecule has 1 unspecified atom stereocenters. The van der Waals surface area contributed by atoms with Gasteiger partial charge in [0.25, 0.3) is 26.1 Å². The number of nitrogens with one attached hydrogen (secondary N) is 2. The molecule has 2 amide bonds. The summed E-state index contributed by atoms with van der Waals surface area (Å²) in [6.07, 6.45) is 2.16. The van der Waals surface area contributed by atoms with E-state index in [1.165, 1.54) is 31.2 Å². The molecule has 0 aliphatic heterocycles. The Kier molecular flexibility index (Phi) is 17.2. The number of amides is 2. The predicted octanol–water partition coefficient (Wildman–Crippen LogP) is 12.0. The van der Waals surface area contributed by atoms with E-state index in [1.54, 1.807) is 6.92 Å². The third-order valence-electron chi connectivity index (χ3n) is 12.3. The number of azo groups is 1. The molecule has 0 aliphatic carbocycles. The molecule has 0 fully saturated rings. The van der Waals surface area contributed by atoms with Gasteiger partial charge in [0.2, 0.25) is 5.91 Å². The van der Waals surface area contributed by atoms with Crippen LogP contribution in [0.4, 0.5) is 22.7 Å². The van der Waals surface area contributed by atoms with Gasteiger partial charge in [-0.3, -0.25) is 18.7 Å². The van der Waals surface area contributed by atoms with E-state index in [2.05, 4.69) is 68.5 Å². The lowest BCUT2D eigenvalue weighted by molar-refractivity contribution is -0.123. The zero-order valence-electron chi connectivity index (χ0n) is 41.1. The number of halogens is 1. The number of nitrogens with zero attached hydrogens (tertiary/aromatic N) is 2. The number of rotatable bonds is 20. The van der Waals surface area contributed by atoms with E-state index in [-0.39, 0.29) is 73.7 Å². The number of esters is 1. The molecular formula is C50H59ClN4O14S2. The van der Waals surface area contributed by atoms with E-state index in [1.807, 2.05) is 19.1 Å². The third-order valence-corrected chi connectivity index (χ3v) is 14.5. The van der Waals surface area contributed by atoms with E-state index in [9.17, 15) is 50.5 Å². The van der Waals surface area contributed by atoms with E-state index in [4.69, 9.17) is 25.8 Å². The number of unbranched alkanes of at least 4 members (excludes halogenated alkanes) is 1. The molecule has 0 bridgehead atoms. The number of phenols is 2. The van der Waals surface area contributed by atoms with Gasteiger partial charge >= 0.3 is 5.97 Å². The fourth-order valence-electron chi connectivity index (χ4n) is 7.19. The number of ether oxygens (including phenoxy) is 3. The molecule has 382 valence electrons. The van der Waals surface area contributed by atoms with Crippen molar-refractivity contribution in [2.75, 3.05) is 17.2 Å². The highest BCUT2D eigenvalue weighted by Crippen LogP contribution is 2.48.